The van der Waals surface area contributed by atoms with E-state index in [4.69, 9.17) is 4.74 Å². The molecule has 33 heavy (non-hydrogen) atoms. The number of benzene rings is 2. The molecule has 1 aliphatic carbocycles. The molecule has 3 aromatic rings. The van der Waals surface area contributed by atoms with E-state index in [0.29, 0.717) is 12.0 Å². The lowest BCUT2D eigenvalue weighted by molar-refractivity contribution is -0.137. The molecule has 1 aromatic heterocycles. The van der Waals surface area contributed by atoms with Gasteiger partial charge in [-0.15, -0.1) is 0 Å². The average molecular weight is 447 g/mol. The third-order valence-corrected chi connectivity index (χ3v) is 6.41. The molecule has 1 unspecified atom stereocenters. The average Bonchev–Trinajstić information content (AvgIpc) is 3.16. The Labute approximate surface area is 194 Å². The lowest BCUT2D eigenvalue weighted by atomic mass is 9.72. The minimum atomic E-state index is -0.873. The van der Waals surface area contributed by atoms with Crippen LogP contribution in [-0.4, -0.2) is 28.5 Å². The van der Waals surface area contributed by atoms with E-state index in [1.165, 1.54) is 5.56 Å². The van der Waals surface area contributed by atoms with Gasteiger partial charge in [0, 0.05) is 29.9 Å². The van der Waals surface area contributed by atoms with E-state index in [0.717, 1.165) is 28.4 Å². The molecule has 6 nitrogen and oxygen atoms in total. The van der Waals surface area contributed by atoms with Crippen LogP contribution in [0.2, 0.25) is 0 Å². The number of rotatable bonds is 7. The number of aromatic nitrogens is 1. The number of ether oxygens (including phenoxy) is 1. The van der Waals surface area contributed by atoms with E-state index < -0.39 is 5.97 Å². The predicted molar refractivity (Wildman–Crippen MR) is 129 cm³/mol. The molecule has 0 bridgehead atoms. The number of nitrogens with one attached hydrogen (secondary N) is 1. The van der Waals surface area contributed by atoms with E-state index in [9.17, 15) is 14.7 Å². The number of methoxy groups -OCH3 is 1. The molecule has 0 radical (unpaired) electrons. The molecule has 0 aliphatic heterocycles. The molecular formula is C27H30N2O4. The lowest BCUT2D eigenvalue weighted by Crippen LogP contribution is -2.37. The van der Waals surface area contributed by atoms with Gasteiger partial charge in [-0.1, -0.05) is 31.5 Å². The Hall–Kier alpha value is -3.54. The van der Waals surface area contributed by atoms with Crippen molar-refractivity contribution in [3.05, 3.63) is 71.4 Å². The molecular weight excluding hydrogens is 416 g/mol. The van der Waals surface area contributed by atoms with Crippen LogP contribution in [-0.2, 0) is 11.3 Å². The first-order chi connectivity index (χ1) is 15.7. The van der Waals surface area contributed by atoms with Gasteiger partial charge in [-0.3, -0.25) is 9.59 Å². The minimum absolute atomic E-state index is 0.0316. The number of aliphatic carboxylic acids is 1. The fourth-order valence-electron chi connectivity index (χ4n) is 4.61. The van der Waals surface area contributed by atoms with Gasteiger partial charge in [0.25, 0.3) is 0 Å². The van der Waals surface area contributed by atoms with Crippen LogP contribution in [0.5, 0.6) is 5.75 Å². The zero-order valence-electron chi connectivity index (χ0n) is 19.5. The second kappa shape index (κ2) is 8.77. The standard InChI is InChI=1S/C27H30N2O4/c1-17-5-9-19(10-6-17)28-26-25-21(23(30)16-27(26,2)3)15-22(29(25)14-13-24(31)32)18-7-11-20(33-4)12-8-18/h5-12,15,26,28H,13-14,16H2,1-4H3,(H,31,32). The summed E-state index contributed by atoms with van der Waals surface area (Å²) < 4.78 is 7.29. The van der Waals surface area contributed by atoms with Crippen LogP contribution in [0.25, 0.3) is 11.3 Å². The predicted octanol–water partition coefficient (Wildman–Crippen LogP) is 5.71. The molecule has 4 rings (SSSR count). The van der Waals surface area contributed by atoms with Gasteiger partial charge in [0.15, 0.2) is 5.78 Å². The summed E-state index contributed by atoms with van der Waals surface area (Å²) in [4.78, 5) is 24.7. The number of ketones is 1. The first-order valence-corrected chi connectivity index (χ1v) is 11.2. The second-order valence-electron chi connectivity index (χ2n) is 9.38. The van der Waals surface area contributed by atoms with Gasteiger partial charge in [-0.25, -0.2) is 0 Å². The summed E-state index contributed by atoms with van der Waals surface area (Å²) in [6.07, 6.45) is 0.380. The van der Waals surface area contributed by atoms with E-state index in [-0.39, 0.29) is 30.2 Å². The Bertz CT molecular complexity index is 1170. The number of nitrogens with zero attached hydrogens (tertiary/aromatic N) is 1. The number of carboxylic acids is 1. The van der Waals surface area contributed by atoms with Crippen LogP contribution in [0.1, 0.15) is 54.3 Å². The molecule has 1 aliphatic rings. The molecule has 6 heteroatoms. The fraction of sp³-hybridized carbons (Fsp3) is 0.333. The van der Waals surface area contributed by atoms with Crippen molar-refractivity contribution in [3.63, 3.8) is 0 Å². The maximum atomic E-state index is 13.2. The lowest BCUT2D eigenvalue weighted by Gasteiger charge is -2.40. The molecule has 0 saturated carbocycles. The summed E-state index contributed by atoms with van der Waals surface area (Å²) in [5, 5.41) is 13.1. The van der Waals surface area contributed by atoms with Crippen molar-refractivity contribution < 1.29 is 19.4 Å². The number of carbonyl (C=O) groups is 2. The van der Waals surface area contributed by atoms with Crippen molar-refractivity contribution in [2.45, 2.75) is 46.2 Å². The maximum Gasteiger partial charge on any atom is 0.305 e. The fourth-order valence-corrected chi connectivity index (χ4v) is 4.61. The molecule has 0 amide bonds. The van der Waals surface area contributed by atoms with Gasteiger partial charge < -0.3 is 19.7 Å². The summed E-state index contributed by atoms with van der Waals surface area (Å²) in [6, 6.07) is 17.6. The Morgan fingerprint density at radius 3 is 2.42 bits per heavy atom. The van der Waals surface area contributed by atoms with Gasteiger partial charge in [0.1, 0.15) is 5.75 Å². The Morgan fingerprint density at radius 1 is 1.15 bits per heavy atom. The molecule has 1 atom stereocenters. The number of hydrogen-bond acceptors (Lipinski definition) is 4. The first kappa shape index (κ1) is 22.6. The number of Topliss-reactive ketones (excluding diaryl/α,β-unsaturated/α-hetero) is 1. The van der Waals surface area contributed by atoms with Crippen LogP contribution in [0, 0.1) is 12.3 Å². The summed E-state index contributed by atoms with van der Waals surface area (Å²) in [7, 11) is 1.62. The number of anilines is 1. The molecule has 1 heterocycles. The van der Waals surface area contributed by atoms with E-state index >= 15 is 0 Å². The van der Waals surface area contributed by atoms with Crippen LogP contribution >= 0.6 is 0 Å². The third-order valence-electron chi connectivity index (χ3n) is 6.41. The number of carboxylic acid groups (broad SMARTS) is 1. The van der Waals surface area contributed by atoms with Crippen molar-refractivity contribution in [2.75, 3.05) is 12.4 Å². The Balaban J connectivity index is 1.87. The largest absolute Gasteiger partial charge is 0.497 e. The smallest absolute Gasteiger partial charge is 0.305 e. The summed E-state index contributed by atoms with van der Waals surface area (Å²) >= 11 is 0. The second-order valence-corrected chi connectivity index (χ2v) is 9.38. The van der Waals surface area contributed by atoms with Crippen LogP contribution in [0.3, 0.4) is 0 Å². The molecule has 0 fully saturated rings. The zero-order chi connectivity index (χ0) is 23.8. The van der Waals surface area contributed by atoms with Crippen molar-refractivity contribution in [3.8, 4) is 17.0 Å². The van der Waals surface area contributed by atoms with Crippen molar-refractivity contribution in [1.82, 2.24) is 4.57 Å². The quantitative estimate of drug-likeness (QED) is 0.486. The number of carbonyl (C=O) groups excluding carboxylic acids is 1. The Morgan fingerprint density at radius 2 is 1.82 bits per heavy atom. The minimum Gasteiger partial charge on any atom is -0.497 e. The first-order valence-electron chi connectivity index (χ1n) is 11.2. The normalized spacial score (nSPS) is 16.8. The summed E-state index contributed by atoms with van der Waals surface area (Å²) in [6.45, 7) is 6.49. The Kier molecular flexibility index (Phi) is 6.02. The summed E-state index contributed by atoms with van der Waals surface area (Å²) in [5.41, 5.74) is 5.05. The van der Waals surface area contributed by atoms with E-state index in [1.807, 2.05) is 54.0 Å². The van der Waals surface area contributed by atoms with E-state index in [2.05, 4.69) is 31.3 Å². The molecule has 0 spiro atoms. The van der Waals surface area contributed by atoms with Gasteiger partial charge >= 0.3 is 5.97 Å². The van der Waals surface area contributed by atoms with Gasteiger partial charge in [0.2, 0.25) is 0 Å². The molecule has 172 valence electrons. The summed E-state index contributed by atoms with van der Waals surface area (Å²) in [5.74, 6) is -0.0494. The number of hydrogen-bond donors (Lipinski definition) is 2. The highest BCUT2D eigenvalue weighted by Crippen LogP contribution is 2.47. The highest BCUT2D eigenvalue weighted by molar-refractivity contribution is 6.01. The van der Waals surface area contributed by atoms with Crippen LogP contribution < -0.4 is 10.1 Å². The van der Waals surface area contributed by atoms with Crippen LogP contribution in [0.4, 0.5) is 5.69 Å². The molecule has 2 aromatic carbocycles. The van der Waals surface area contributed by atoms with Crippen molar-refractivity contribution >= 4 is 17.4 Å². The van der Waals surface area contributed by atoms with Crippen molar-refractivity contribution in [1.29, 1.82) is 0 Å². The zero-order valence-corrected chi connectivity index (χ0v) is 19.5. The highest BCUT2D eigenvalue weighted by Gasteiger charge is 2.43. The monoisotopic (exact) mass is 446 g/mol. The van der Waals surface area contributed by atoms with Crippen molar-refractivity contribution in [2.24, 2.45) is 5.41 Å². The van der Waals surface area contributed by atoms with E-state index in [1.54, 1.807) is 7.11 Å². The van der Waals surface area contributed by atoms with Crippen LogP contribution in [0.15, 0.2) is 54.6 Å². The maximum absolute atomic E-state index is 13.2. The van der Waals surface area contributed by atoms with Gasteiger partial charge in [0.05, 0.1) is 25.3 Å². The van der Waals surface area contributed by atoms with Gasteiger partial charge in [-0.05, 0) is 60.4 Å². The SMILES string of the molecule is COc1ccc(-c2cc3c(n2CCC(=O)O)C(Nc2ccc(C)cc2)C(C)(C)CC3=O)cc1. The molecule has 2 N–H and O–H groups in total. The molecule has 0 saturated heterocycles. The number of fused-ring (bicyclic) bond motifs is 1. The third kappa shape index (κ3) is 4.51. The number of aryl methyl sites for hydroxylation is 1. The highest BCUT2D eigenvalue weighted by atomic mass is 16.5. The topological polar surface area (TPSA) is 80.6 Å². The van der Waals surface area contributed by atoms with Gasteiger partial charge in [-0.2, -0.15) is 0 Å².